The zero-order valence-corrected chi connectivity index (χ0v) is 6.73. The van der Waals surface area contributed by atoms with Crippen LogP contribution in [-0.4, -0.2) is 10.2 Å². The lowest BCUT2D eigenvalue weighted by Crippen LogP contribution is -1.95. The first kappa shape index (κ1) is 6.46. The number of nitrogen functional groups attached to an aromatic ring is 1. The predicted octanol–water partition coefficient (Wildman–Crippen LogP) is 1.17. The van der Waals surface area contributed by atoms with Crippen molar-refractivity contribution in [1.29, 1.82) is 0 Å². The molecular formula is C8H11N3O. The van der Waals surface area contributed by atoms with Gasteiger partial charge in [0.25, 0.3) is 0 Å². The molecule has 2 N–H and O–H groups in total. The van der Waals surface area contributed by atoms with E-state index in [2.05, 4.69) is 10.2 Å². The molecule has 2 aliphatic rings. The maximum absolute atomic E-state index is 5.35. The number of hydrogen-bond donors (Lipinski definition) is 1. The van der Waals surface area contributed by atoms with E-state index in [1.165, 1.54) is 19.3 Å². The van der Waals surface area contributed by atoms with Gasteiger partial charge >= 0.3 is 6.01 Å². The SMILES string of the molecule is Nc1nnc(C2CC3CC3C2)o1. The number of anilines is 1. The molecule has 1 heterocycles. The predicted molar refractivity (Wildman–Crippen MR) is 42.3 cm³/mol. The van der Waals surface area contributed by atoms with E-state index in [0.717, 1.165) is 17.7 Å². The molecule has 0 spiro atoms. The zero-order chi connectivity index (χ0) is 8.13. The van der Waals surface area contributed by atoms with Crippen LogP contribution >= 0.6 is 0 Å². The van der Waals surface area contributed by atoms with Gasteiger partial charge in [0.15, 0.2) is 0 Å². The van der Waals surface area contributed by atoms with E-state index in [9.17, 15) is 0 Å². The molecule has 64 valence electrons. The summed E-state index contributed by atoms with van der Waals surface area (Å²) in [6, 6.07) is 0.200. The smallest absolute Gasteiger partial charge is 0.312 e. The molecule has 0 bridgehead atoms. The fourth-order valence-corrected chi connectivity index (χ4v) is 2.33. The third-order valence-electron chi connectivity index (χ3n) is 3.05. The summed E-state index contributed by atoms with van der Waals surface area (Å²) in [6.07, 6.45) is 3.87. The van der Waals surface area contributed by atoms with E-state index in [0.29, 0.717) is 5.92 Å². The minimum absolute atomic E-state index is 0.200. The maximum atomic E-state index is 5.35. The number of rotatable bonds is 1. The number of fused-ring (bicyclic) bond motifs is 1. The molecular weight excluding hydrogens is 154 g/mol. The Bertz CT molecular complexity index is 299. The Balaban J connectivity index is 1.81. The largest absolute Gasteiger partial charge is 0.408 e. The van der Waals surface area contributed by atoms with Gasteiger partial charge in [-0.2, -0.15) is 0 Å². The average molecular weight is 165 g/mol. The summed E-state index contributed by atoms with van der Waals surface area (Å²) in [5.41, 5.74) is 5.35. The molecule has 4 heteroatoms. The molecule has 2 atom stereocenters. The van der Waals surface area contributed by atoms with Gasteiger partial charge in [-0.15, -0.1) is 5.10 Å². The molecule has 2 fully saturated rings. The number of nitrogens with two attached hydrogens (primary N) is 1. The van der Waals surface area contributed by atoms with E-state index in [1.54, 1.807) is 0 Å². The van der Waals surface area contributed by atoms with Crippen molar-refractivity contribution >= 4 is 6.01 Å². The van der Waals surface area contributed by atoms with Gasteiger partial charge in [0.1, 0.15) is 0 Å². The van der Waals surface area contributed by atoms with Crippen molar-refractivity contribution in [2.45, 2.75) is 25.2 Å². The van der Waals surface area contributed by atoms with Crippen molar-refractivity contribution in [2.24, 2.45) is 11.8 Å². The molecule has 0 radical (unpaired) electrons. The van der Waals surface area contributed by atoms with Crippen LogP contribution in [0.25, 0.3) is 0 Å². The molecule has 12 heavy (non-hydrogen) atoms. The molecule has 0 saturated heterocycles. The highest BCUT2D eigenvalue weighted by Crippen LogP contribution is 2.57. The first-order valence-electron chi connectivity index (χ1n) is 4.42. The quantitative estimate of drug-likeness (QED) is 0.678. The number of aromatic nitrogens is 2. The van der Waals surface area contributed by atoms with Crippen LogP contribution in [0.3, 0.4) is 0 Å². The lowest BCUT2D eigenvalue weighted by atomic mass is 10.0. The van der Waals surface area contributed by atoms with E-state index in [4.69, 9.17) is 10.2 Å². The Kier molecular flexibility index (Phi) is 1.07. The van der Waals surface area contributed by atoms with Crippen LogP contribution in [-0.2, 0) is 0 Å². The van der Waals surface area contributed by atoms with Crippen LogP contribution in [0.4, 0.5) is 6.01 Å². The highest BCUT2D eigenvalue weighted by atomic mass is 16.4. The summed E-state index contributed by atoms with van der Waals surface area (Å²) in [6.45, 7) is 0. The van der Waals surface area contributed by atoms with Crippen molar-refractivity contribution in [1.82, 2.24) is 10.2 Å². The summed E-state index contributed by atoms with van der Waals surface area (Å²) in [5.74, 6) is 3.14. The molecule has 2 unspecified atom stereocenters. The Hall–Kier alpha value is -1.06. The van der Waals surface area contributed by atoms with Gasteiger partial charge in [0.05, 0.1) is 0 Å². The first-order chi connectivity index (χ1) is 5.83. The summed E-state index contributed by atoms with van der Waals surface area (Å²) >= 11 is 0. The van der Waals surface area contributed by atoms with Crippen LogP contribution in [0.5, 0.6) is 0 Å². The van der Waals surface area contributed by atoms with Gasteiger partial charge in [-0.05, 0) is 31.1 Å². The monoisotopic (exact) mass is 165 g/mol. The van der Waals surface area contributed by atoms with Gasteiger partial charge in [-0.1, -0.05) is 5.10 Å². The molecule has 1 aromatic heterocycles. The Morgan fingerprint density at radius 3 is 2.50 bits per heavy atom. The standard InChI is InChI=1S/C8H11N3O/c9-8-11-10-7(12-8)6-2-4-1-5(4)3-6/h4-6H,1-3H2,(H2,9,11). The normalized spacial score (nSPS) is 38.2. The van der Waals surface area contributed by atoms with Crippen LogP contribution in [0.15, 0.2) is 4.42 Å². The van der Waals surface area contributed by atoms with Gasteiger partial charge in [0.2, 0.25) is 5.89 Å². The number of nitrogens with zero attached hydrogens (tertiary/aromatic N) is 2. The van der Waals surface area contributed by atoms with Crippen LogP contribution in [0.2, 0.25) is 0 Å². The average Bonchev–Trinajstić information content (AvgIpc) is 2.49. The molecule has 4 nitrogen and oxygen atoms in total. The highest BCUT2D eigenvalue weighted by Gasteiger charge is 2.47. The van der Waals surface area contributed by atoms with Gasteiger partial charge in [-0.25, -0.2) is 0 Å². The maximum Gasteiger partial charge on any atom is 0.312 e. The summed E-state index contributed by atoms with van der Waals surface area (Å²) < 4.78 is 5.19. The molecule has 2 aliphatic carbocycles. The fourth-order valence-electron chi connectivity index (χ4n) is 2.33. The first-order valence-corrected chi connectivity index (χ1v) is 4.42. The molecule has 3 rings (SSSR count). The summed E-state index contributed by atoms with van der Waals surface area (Å²) in [7, 11) is 0. The minimum atomic E-state index is 0.200. The molecule has 0 amide bonds. The van der Waals surface area contributed by atoms with Crippen molar-refractivity contribution in [3.8, 4) is 0 Å². The second-order valence-corrected chi connectivity index (χ2v) is 3.90. The van der Waals surface area contributed by atoms with Gasteiger partial charge in [0, 0.05) is 5.92 Å². The Morgan fingerprint density at radius 2 is 1.92 bits per heavy atom. The van der Waals surface area contributed by atoms with Gasteiger partial charge in [-0.3, -0.25) is 0 Å². The summed E-state index contributed by atoms with van der Waals surface area (Å²) in [5, 5.41) is 7.57. The third-order valence-corrected chi connectivity index (χ3v) is 3.05. The zero-order valence-electron chi connectivity index (χ0n) is 6.73. The van der Waals surface area contributed by atoms with Crippen molar-refractivity contribution in [3.63, 3.8) is 0 Å². The topological polar surface area (TPSA) is 64.9 Å². The second kappa shape index (κ2) is 2.00. The van der Waals surface area contributed by atoms with Crippen molar-refractivity contribution < 1.29 is 4.42 Å². The molecule has 0 aliphatic heterocycles. The Morgan fingerprint density at radius 1 is 1.17 bits per heavy atom. The van der Waals surface area contributed by atoms with Crippen LogP contribution in [0, 0.1) is 11.8 Å². The fraction of sp³-hybridized carbons (Fsp3) is 0.750. The third kappa shape index (κ3) is 0.838. The van der Waals surface area contributed by atoms with E-state index < -0.39 is 0 Å². The van der Waals surface area contributed by atoms with E-state index in [-0.39, 0.29) is 6.01 Å². The highest BCUT2D eigenvalue weighted by molar-refractivity contribution is 5.11. The second-order valence-electron chi connectivity index (χ2n) is 3.90. The van der Waals surface area contributed by atoms with Crippen LogP contribution in [0.1, 0.15) is 31.1 Å². The van der Waals surface area contributed by atoms with E-state index in [1.807, 2.05) is 0 Å². The lowest BCUT2D eigenvalue weighted by molar-refractivity contribution is 0.440. The van der Waals surface area contributed by atoms with Crippen molar-refractivity contribution in [2.75, 3.05) is 5.73 Å². The van der Waals surface area contributed by atoms with Crippen molar-refractivity contribution in [3.05, 3.63) is 5.89 Å². The Labute approximate surface area is 70.2 Å². The van der Waals surface area contributed by atoms with Crippen LogP contribution < -0.4 is 5.73 Å². The van der Waals surface area contributed by atoms with E-state index >= 15 is 0 Å². The lowest BCUT2D eigenvalue weighted by Gasteiger charge is -2.03. The minimum Gasteiger partial charge on any atom is -0.408 e. The van der Waals surface area contributed by atoms with Gasteiger partial charge < -0.3 is 10.2 Å². The molecule has 1 aromatic rings. The molecule has 2 saturated carbocycles. The molecule has 0 aromatic carbocycles. The number of hydrogen-bond acceptors (Lipinski definition) is 4. The summed E-state index contributed by atoms with van der Waals surface area (Å²) in [4.78, 5) is 0.